The van der Waals surface area contributed by atoms with E-state index in [2.05, 4.69) is 0 Å². The second kappa shape index (κ2) is 6.90. The highest BCUT2D eigenvalue weighted by atomic mass is 16.1. The zero-order valence-corrected chi connectivity index (χ0v) is 15.2. The molecule has 0 bridgehead atoms. The van der Waals surface area contributed by atoms with Crippen LogP contribution >= 0.6 is 0 Å². The molecular formula is C22H20N4O2. The molecule has 0 fully saturated rings. The van der Waals surface area contributed by atoms with E-state index in [-0.39, 0.29) is 11.3 Å². The van der Waals surface area contributed by atoms with Gasteiger partial charge in [-0.3, -0.25) is 9.59 Å². The highest BCUT2D eigenvalue weighted by Crippen LogP contribution is 2.39. The van der Waals surface area contributed by atoms with Crippen molar-refractivity contribution < 1.29 is 4.79 Å². The maximum absolute atomic E-state index is 13.2. The third kappa shape index (κ3) is 2.58. The molecule has 5 N–H and O–H groups in total. The Balaban J connectivity index is 2.11. The van der Waals surface area contributed by atoms with Gasteiger partial charge in [0.25, 0.3) is 5.56 Å². The fourth-order valence-electron chi connectivity index (χ4n) is 3.81. The average molecular weight is 372 g/mol. The summed E-state index contributed by atoms with van der Waals surface area (Å²) >= 11 is 0. The van der Waals surface area contributed by atoms with Crippen molar-refractivity contribution >= 4 is 28.5 Å². The molecule has 1 aromatic heterocycles. The van der Waals surface area contributed by atoms with Crippen LogP contribution in [0.5, 0.6) is 0 Å². The van der Waals surface area contributed by atoms with Crippen LogP contribution in [-0.2, 0) is 6.54 Å². The summed E-state index contributed by atoms with van der Waals surface area (Å²) in [6.45, 7) is 0.908. The Bertz CT molecular complexity index is 1220. The van der Waals surface area contributed by atoms with Crippen LogP contribution in [0.25, 0.3) is 27.7 Å². The van der Waals surface area contributed by atoms with Crippen LogP contribution in [-0.4, -0.2) is 23.1 Å². The molecule has 0 unspecified atom stereocenters. The van der Waals surface area contributed by atoms with E-state index in [4.69, 9.17) is 16.9 Å². The number of hydrogen-bond donors (Lipinski definition) is 3. The molecule has 0 amide bonds. The summed E-state index contributed by atoms with van der Waals surface area (Å²) in [5.41, 5.74) is 15.2. The van der Waals surface area contributed by atoms with Gasteiger partial charge < -0.3 is 21.4 Å². The number of nitrogens with two attached hydrogens (primary N) is 2. The second-order valence-electron chi connectivity index (χ2n) is 6.75. The van der Waals surface area contributed by atoms with Gasteiger partial charge in [0.05, 0.1) is 11.3 Å². The molecule has 1 aliphatic rings. The Morgan fingerprint density at radius 3 is 2.54 bits per heavy atom. The van der Waals surface area contributed by atoms with Crippen molar-refractivity contribution in [2.75, 3.05) is 6.54 Å². The van der Waals surface area contributed by atoms with Gasteiger partial charge in [-0.25, -0.2) is 0 Å². The highest BCUT2D eigenvalue weighted by Gasteiger charge is 2.32. The van der Waals surface area contributed by atoms with Crippen LogP contribution in [0.1, 0.15) is 27.9 Å². The van der Waals surface area contributed by atoms with Gasteiger partial charge in [-0.15, -0.1) is 0 Å². The second-order valence-corrected chi connectivity index (χ2v) is 6.75. The number of allylic oxidation sites excluding steroid dienone is 1. The Morgan fingerprint density at radius 2 is 1.82 bits per heavy atom. The van der Waals surface area contributed by atoms with E-state index in [1.165, 1.54) is 6.08 Å². The van der Waals surface area contributed by atoms with E-state index in [1.54, 1.807) is 28.8 Å². The van der Waals surface area contributed by atoms with Crippen LogP contribution in [0, 0.1) is 5.41 Å². The summed E-state index contributed by atoms with van der Waals surface area (Å²) in [6, 6.07) is 12.6. The largest absolute Gasteiger partial charge is 0.398 e. The van der Waals surface area contributed by atoms with E-state index in [0.717, 1.165) is 11.8 Å². The number of rotatable bonds is 5. The number of benzene rings is 2. The maximum atomic E-state index is 13.2. The van der Waals surface area contributed by atoms with Gasteiger partial charge in [0.15, 0.2) is 5.78 Å². The number of carbonyl (C=O) groups is 1. The Kier molecular flexibility index (Phi) is 4.41. The lowest BCUT2D eigenvalue weighted by Crippen LogP contribution is -2.24. The lowest BCUT2D eigenvalue weighted by Gasteiger charge is -2.15. The number of pyridine rings is 1. The number of aromatic nitrogens is 1. The third-order valence-electron chi connectivity index (χ3n) is 5.11. The van der Waals surface area contributed by atoms with Crippen molar-refractivity contribution in [1.29, 1.82) is 5.41 Å². The Morgan fingerprint density at radius 1 is 1.07 bits per heavy atom. The molecule has 0 aliphatic heterocycles. The van der Waals surface area contributed by atoms with Crippen molar-refractivity contribution in [3.05, 3.63) is 75.6 Å². The summed E-state index contributed by atoms with van der Waals surface area (Å²) in [7, 11) is 0. The molecular weight excluding hydrogens is 352 g/mol. The van der Waals surface area contributed by atoms with Gasteiger partial charge in [-0.1, -0.05) is 30.3 Å². The zero-order valence-electron chi connectivity index (χ0n) is 15.2. The Hall–Kier alpha value is -3.51. The zero-order chi connectivity index (χ0) is 19.8. The molecule has 0 radical (unpaired) electrons. The molecule has 6 heteroatoms. The first-order valence-electron chi connectivity index (χ1n) is 9.09. The van der Waals surface area contributed by atoms with Crippen molar-refractivity contribution in [1.82, 2.24) is 4.57 Å². The minimum absolute atomic E-state index is 0.0937. The first kappa shape index (κ1) is 17.9. The summed E-state index contributed by atoms with van der Waals surface area (Å²) < 4.78 is 1.67. The molecule has 140 valence electrons. The first-order chi connectivity index (χ1) is 13.6. The van der Waals surface area contributed by atoms with E-state index in [1.807, 2.05) is 18.2 Å². The molecule has 28 heavy (non-hydrogen) atoms. The predicted octanol–water partition coefficient (Wildman–Crippen LogP) is 2.51. The summed E-state index contributed by atoms with van der Waals surface area (Å²) in [5, 5.41) is 8.28. The van der Waals surface area contributed by atoms with Crippen LogP contribution in [0.4, 0.5) is 0 Å². The molecule has 0 saturated heterocycles. The molecule has 6 nitrogen and oxygen atoms in total. The number of ketones is 1. The molecule has 1 aliphatic carbocycles. The normalized spacial score (nSPS) is 12.9. The van der Waals surface area contributed by atoms with Crippen molar-refractivity contribution in [2.24, 2.45) is 11.5 Å². The van der Waals surface area contributed by atoms with Crippen LogP contribution in [0.15, 0.2) is 53.3 Å². The van der Waals surface area contributed by atoms with Crippen molar-refractivity contribution in [3.63, 3.8) is 0 Å². The van der Waals surface area contributed by atoms with Crippen LogP contribution in [0.3, 0.4) is 0 Å². The average Bonchev–Trinajstić information content (AvgIpc) is 3.01. The third-order valence-corrected chi connectivity index (χ3v) is 5.11. The summed E-state index contributed by atoms with van der Waals surface area (Å²) in [5.74, 6) is -0.0937. The molecule has 3 aromatic rings. The molecule has 2 aromatic carbocycles. The Labute approximate surface area is 161 Å². The first-order valence-corrected chi connectivity index (χ1v) is 9.09. The van der Waals surface area contributed by atoms with Crippen LogP contribution < -0.4 is 17.0 Å². The van der Waals surface area contributed by atoms with E-state index in [9.17, 15) is 9.59 Å². The predicted molar refractivity (Wildman–Crippen MR) is 112 cm³/mol. The SMILES string of the molecule is N=CC=C(N)c1ccc2c(=O)n(CCCN)c3c(c2c1)C(=O)c1ccccc1-3. The van der Waals surface area contributed by atoms with Crippen molar-refractivity contribution in [3.8, 4) is 11.3 Å². The van der Waals surface area contributed by atoms with E-state index in [0.29, 0.717) is 58.4 Å². The lowest BCUT2D eigenvalue weighted by molar-refractivity contribution is 0.104. The molecule has 0 saturated carbocycles. The quantitative estimate of drug-likeness (QED) is 0.467. The minimum Gasteiger partial charge on any atom is -0.398 e. The molecule has 4 rings (SSSR count). The van der Waals surface area contributed by atoms with Crippen LogP contribution in [0.2, 0.25) is 0 Å². The smallest absolute Gasteiger partial charge is 0.258 e. The number of carbonyl (C=O) groups excluding carboxylic acids is 1. The molecule has 0 spiro atoms. The standard InChI is InChI=1S/C22H20N4O2/c23-9-3-11-26-20-14-4-1-2-5-15(14)21(27)19(20)17-12-13(18(25)8-10-24)6-7-16(17)22(26)28/h1-2,4-8,10,12,24H,3,9,11,23,25H2. The topological polar surface area (TPSA) is 115 Å². The fourth-order valence-corrected chi connectivity index (χ4v) is 3.81. The van der Waals surface area contributed by atoms with Gasteiger partial charge in [-0.2, -0.15) is 0 Å². The molecule has 0 atom stereocenters. The minimum atomic E-state index is -0.146. The maximum Gasteiger partial charge on any atom is 0.258 e. The number of nitrogens with zero attached hydrogens (tertiary/aromatic N) is 1. The number of hydrogen-bond acceptors (Lipinski definition) is 5. The van der Waals surface area contributed by atoms with Gasteiger partial charge in [0.1, 0.15) is 0 Å². The van der Waals surface area contributed by atoms with E-state index >= 15 is 0 Å². The monoisotopic (exact) mass is 372 g/mol. The van der Waals surface area contributed by atoms with Gasteiger partial charge in [0.2, 0.25) is 0 Å². The summed E-state index contributed by atoms with van der Waals surface area (Å²) in [4.78, 5) is 26.5. The van der Waals surface area contributed by atoms with E-state index < -0.39 is 0 Å². The number of nitrogens with one attached hydrogen (secondary N) is 1. The highest BCUT2D eigenvalue weighted by molar-refractivity contribution is 6.26. The molecule has 1 heterocycles. The van der Waals surface area contributed by atoms with Gasteiger partial charge in [0, 0.05) is 40.4 Å². The summed E-state index contributed by atoms with van der Waals surface area (Å²) in [6.07, 6.45) is 3.22. The lowest BCUT2D eigenvalue weighted by atomic mass is 9.99. The van der Waals surface area contributed by atoms with Crippen molar-refractivity contribution in [2.45, 2.75) is 13.0 Å². The fraction of sp³-hybridized carbons (Fsp3) is 0.136. The number of fused-ring (bicyclic) bond motifs is 5. The van der Waals surface area contributed by atoms with Gasteiger partial charge in [-0.05, 0) is 36.7 Å². The van der Waals surface area contributed by atoms with Gasteiger partial charge >= 0.3 is 0 Å².